The number of hydrogen-bond acceptors (Lipinski definition) is 5. The van der Waals surface area contributed by atoms with Crippen LogP contribution in [-0.4, -0.2) is 37.3 Å². The van der Waals surface area contributed by atoms with E-state index in [1.165, 1.54) is 9.71 Å². The minimum Gasteiger partial charge on any atom is -0.317 e. The zero-order chi connectivity index (χ0) is 22.3. The second-order valence-corrected chi connectivity index (χ2v) is 12.3. The molecular weight excluding hydrogens is 438 g/mol. The van der Waals surface area contributed by atoms with Crippen LogP contribution in [0.3, 0.4) is 0 Å². The zero-order valence-electron chi connectivity index (χ0n) is 18.8. The van der Waals surface area contributed by atoms with E-state index in [1.54, 1.807) is 27.8 Å². The van der Waals surface area contributed by atoms with Gasteiger partial charge in [-0.05, 0) is 81.4 Å². The Morgan fingerprint density at radius 1 is 1.03 bits per heavy atom. The first-order chi connectivity index (χ1) is 15.4. The summed E-state index contributed by atoms with van der Waals surface area (Å²) in [6.45, 7) is 6.78. The van der Waals surface area contributed by atoms with Gasteiger partial charge in [0.15, 0.2) is 0 Å². The van der Waals surface area contributed by atoms with Crippen molar-refractivity contribution < 1.29 is 8.42 Å². The highest BCUT2D eigenvalue weighted by Crippen LogP contribution is 2.39. The summed E-state index contributed by atoms with van der Waals surface area (Å²) in [6, 6.07) is 13.5. The van der Waals surface area contributed by atoms with Crippen molar-refractivity contribution in [2.24, 2.45) is 5.92 Å². The van der Waals surface area contributed by atoms with Gasteiger partial charge in [0.05, 0.1) is 26.2 Å². The number of sulfonamides is 1. The molecule has 2 saturated heterocycles. The monoisotopic (exact) mass is 469 g/mol. The minimum atomic E-state index is -3.57. The first-order valence-corrected chi connectivity index (χ1v) is 13.9. The number of fused-ring (bicyclic) bond motifs is 1. The number of thiazole rings is 1. The lowest BCUT2D eigenvalue weighted by Gasteiger charge is -2.38. The smallest absolute Gasteiger partial charge is 0.243 e. The molecule has 170 valence electrons. The third-order valence-electron chi connectivity index (χ3n) is 6.90. The van der Waals surface area contributed by atoms with Crippen LogP contribution in [0, 0.1) is 12.8 Å². The second kappa shape index (κ2) is 8.86. The van der Waals surface area contributed by atoms with Crippen LogP contribution in [0.15, 0.2) is 47.4 Å². The van der Waals surface area contributed by atoms with E-state index in [0.717, 1.165) is 55.4 Å². The van der Waals surface area contributed by atoms with Gasteiger partial charge in [0, 0.05) is 12.5 Å². The van der Waals surface area contributed by atoms with Crippen molar-refractivity contribution >= 4 is 31.6 Å². The summed E-state index contributed by atoms with van der Waals surface area (Å²) in [5.74, 6) is 0.882. The van der Waals surface area contributed by atoms with Crippen LogP contribution in [-0.2, 0) is 10.0 Å². The van der Waals surface area contributed by atoms with Crippen molar-refractivity contribution in [1.82, 2.24) is 14.6 Å². The Balaban J connectivity index is 1.49. The minimum absolute atomic E-state index is 0.147. The van der Waals surface area contributed by atoms with E-state index in [-0.39, 0.29) is 6.04 Å². The molecule has 2 fully saturated rings. The van der Waals surface area contributed by atoms with Gasteiger partial charge in [-0.15, -0.1) is 11.3 Å². The molecule has 2 atom stereocenters. The van der Waals surface area contributed by atoms with Crippen LogP contribution >= 0.6 is 11.3 Å². The molecule has 2 aliphatic rings. The quantitative estimate of drug-likeness (QED) is 0.568. The molecular formula is C25H31N3O2S2. The maximum Gasteiger partial charge on any atom is 0.243 e. The van der Waals surface area contributed by atoms with Gasteiger partial charge in [-0.2, -0.15) is 4.31 Å². The van der Waals surface area contributed by atoms with E-state index >= 15 is 0 Å². The molecule has 2 aromatic carbocycles. The van der Waals surface area contributed by atoms with E-state index in [4.69, 9.17) is 4.98 Å². The highest BCUT2D eigenvalue weighted by molar-refractivity contribution is 7.89. The van der Waals surface area contributed by atoms with Gasteiger partial charge in [0.2, 0.25) is 10.0 Å². The predicted octanol–water partition coefficient (Wildman–Crippen LogP) is 5.23. The molecule has 32 heavy (non-hydrogen) atoms. The Bertz CT molecular complexity index is 1200. The third-order valence-corrected chi connectivity index (χ3v) is 9.99. The maximum atomic E-state index is 13.6. The van der Waals surface area contributed by atoms with Crippen LogP contribution in [0.5, 0.6) is 0 Å². The van der Waals surface area contributed by atoms with Gasteiger partial charge in [-0.3, -0.25) is 0 Å². The van der Waals surface area contributed by atoms with Gasteiger partial charge < -0.3 is 5.32 Å². The zero-order valence-corrected chi connectivity index (χ0v) is 20.4. The van der Waals surface area contributed by atoms with Gasteiger partial charge in [-0.25, -0.2) is 13.4 Å². The van der Waals surface area contributed by atoms with Crippen molar-refractivity contribution in [2.45, 2.75) is 56.4 Å². The summed E-state index contributed by atoms with van der Waals surface area (Å²) in [7, 11) is -3.57. The summed E-state index contributed by atoms with van der Waals surface area (Å²) < 4.78 is 30.1. The predicted molar refractivity (Wildman–Crippen MR) is 131 cm³/mol. The Morgan fingerprint density at radius 3 is 2.53 bits per heavy atom. The molecule has 3 aromatic rings. The molecule has 0 spiro atoms. The van der Waals surface area contributed by atoms with E-state index in [0.29, 0.717) is 23.3 Å². The van der Waals surface area contributed by atoms with Crippen molar-refractivity contribution in [2.75, 3.05) is 19.6 Å². The Labute approximate surface area is 194 Å². The molecule has 0 aliphatic carbocycles. The topological polar surface area (TPSA) is 62.3 Å². The van der Waals surface area contributed by atoms with E-state index in [9.17, 15) is 8.42 Å². The first kappa shape index (κ1) is 22.0. The molecule has 0 saturated carbocycles. The van der Waals surface area contributed by atoms with E-state index < -0.39 is 10.0 Å². The number of nitrogens with zero attached hydrogens (tertiary/aromatic N) is 2. The lowest BCUT2D eigenvalue weighted by Crippen LogP contribution is -2.41. The summed E-state index contributed by atoms with van der Waals surface area (Å²) in [5.41, 5.74) is 3.13. The molecule has 0 radical (unpaired) electrons. The molecule has 1 aromatic heterocycles. The number of benzene rings is 2. The van der Waals surface area contributed by atoms with Crippen LogP contribution < -0.4 is 5.32 Å². The second-order valence-electron chi connectivity index (χ2n) is 9.39. The van der Waals surface area contributed by atoms with Crippen molar-refractivity contribution in [1.29, 1.82) is 0 Å². The lowest BCUT2D eigenvalue weighted by atomic mass is 9.92. The molecule has 0 bridgehead atoms. The van der Waals surface area contributed by atoms with Gasteiger partial charge in [-0.1, -0.05) is 30.7 Å². The number of nitrogens with one attached hydrogen (secondary N) is 1. The average molecular weight is 470 g/mol. The van der Waals surface area contributed by atoms with Gasteiger partial charge >= 0.3 is 0 Å². The fourth-order valence-electron chi connectivity index (χ4n) is 4.97. The molecule has 5 rings (SSSR count). The molecule has 5 nitrogen and oxygen atoms in total. The average Bonchev–Trinajstić information content (AvgIpc) is 3.23. The lowest BCUT2D eigenvalue weighted by molar-refractivity contribution is 0.207. The van der Waals surface area contributed by atoms with Crippen LogP contribution in [0.25, 0.3) is 10.2 Å². The Kier molecular flexibility index (Phi) is 6.09. The van der Waals surface area contributed by atoms with Crippen LogP contribution in [0.4, 0.5) is 0 Å². The number of piperidine rings is 2. The van der Waals surface area contributed by atoms with E-state index in [2.05, 4.69) is 30.4 Å². The molecule has 2 aliphatic heterocycles. The fourth-order valence-corrected chi connectivity index (χ4v) is 7.85. The van der Waals surface area contributed by atoms with Gasteiger partial charge in [0.1, 0.15) is 0 Å². The highest BCUT2D eigenvalue weighted by atomic mass is 32.2. The van der Waals surface area contributed by atoms with Crippen LogP contribution in [0.2, 0.25) is 0 Å². The summed E-state index contributed by atoms with van der Waals surface area (Å²) >= 11 is 1.79. The molecule has 2 unspecified atom stereocenters. The normalized spacial score (nSPS) is 23.6. The largest absolute Gasteiger partial charge is 0.317 e. The Hall–Kier alpha value is -1.80. The number of rotatable bonds is 4. The summed E-state index contributed by atoms with van der Waals surface area (Å²) in [5, 5.41) is 4.65. The SMILES string of the molecule is Cc1ccc(S(=O)(=O)N2CC(C)CCC2c2ccc3sc(C4CCNCC4)nc3c2)cc1. The van der Waals surface area contributed by atoms with Crippen molar-refractivity contribution in [3.05, 3.63) is 58.6 Å². The molecule has 1 N–H and O–H groups in total. The fraction of sp³-hybridized carbons (Fsp3) is 0.480. The molecule has 3 heterocycles. The summed E-state index contributed by atoms with van der Waals surface area (Å²) in [6.07, 6.45) is 4.13. The van der Waals surface area contributed by atoms with Gasteiger partial charge in [0.25, 0.3) is 0 Å². The Morgan fingerprint density at radius 2 is 1.78 bits per heavy atom. The van der Waals surface area contributed by atoms with Crippen LogP contribution in [0.1, 0.15) is 60.7 Å². The van der Waals surface area contributed by atoms with E-state index in [1.807, 2.05) is 19.1 Å². The maximum absolute atomic E-state index is 13.6. The van der Waals surface area contributed by atoms with Crippen molar-refractivity contribution in [3.8, 4) is 0 Å². The number of aryl methyl sites for hydroxylation is 1. The third kappa shape index (κ3) is 4.23. The summed E-state index contributed by atoms with van der Waals surface area (Å²) in [4.78, 5) is 5.36. The number of hydrogen-bond donors (Lipinski definition) is 1. The highest BCUT2D eigenvalue weighted by Gasteiger charge is 2.37. The standard InChI is InChI=1S/C25H31N3O2S2/c1-17-3-7-21(8-4-17)32(29,30)28-16-18(2)5-9-23(28)20-6-10-24-22(15-20)27-25(31-24)19-11-13-26-14-12-19/h3-4,6-8,10,15,18-19,23,26H,5,9,11-14,16H2,1-2H3. The molecule has 7 heteroatoms. The van der Waals surface area contributed by atoms with Crippen molar-refractivity contribution in [3.63, 3.8) is 0 Å². The number of aromatic nitrogens is 1. The molecule has 0 amide bonds. The first-order valence-electron chi connectivity index (χ1n) is 11.6.